The molecule has 10 rings (SSSR count). The summed E-state index contributed by atoms with van der Waals surface area (Å²) in [7, 11) is 0. The van der Waals surface area contributed by atoms with Gasteiger partial charge in [0, 0.05) is 32.7 Å². The van der Waals surface area contributed by atoms with E-state index < -0.39 is 0 Å². The average molecular weight is 694 g/mol. The second kappa shape index (κ2) is 11.0. The zero-order chi connectivity index (χ0) is 35.0. The summed E-state index contributed by atoms with van der Waals surface area (Å²) < 4.78 is 7.35. The maximum atomic E-state index is 3.03. The highest BCUT2D eigenvalue weighted by Crippen LogP contribution is 2.62. The topological polar surface area (TPSA) is 10.1 Å². The van der Waals surface area contributed by atoms with E-state index in [0.717, 1.165) is 0 Å². The Morgan fingerprint density at radius 3 is 2.12 bits per heavy atom. The number of rotatable bonds is 3. The van der Waals surface area contributed by atoms with Crippen LogP contribution >= 0.6 is 11.3 Å². The molecule has 0 amide bonds. The lowest BCUT2D eigenvalue weighted by atomic mass is 9.79. The molecule has 2 fully saturated rings. The summed E-state index contributed by atoms with van der Waals surface area (Å²) in [5, 5.41) is 2.85. The molecule has 0 N–H and O–H groups in total. The molecule has 2 aliphatic heterocycles. The Kier molecular flexibility index (Phi) is 6.95. The van der Waals surface area contributed by atoms with Crippen LogP contribution in [-0.4, -0.2) is 27.4 Å². The van der Waals surface area contributed by atoms with Crippen LogP contribution in [0, 0.1) is 5.92 Å². The monoisotopic (exact) mass is 693 g/mol. The molecule has 5 aromatic rings. The van der Waals surface area contributed by atoms with Crippen LogP contribution in [-0.2, 0) is 16.6 Å². The zero-order valence-corrected chi connectivity index (χ0v) is 32.7. The minimum atomic E-state index is -0.372. The molecule has 3 aliphatic carbocycles. The van der Waals surface area contributed by atoms with Crippen molar-refractivity contribution in [2.24, 2.45) is 5.92 Å². The number of aromatic nitrogens is 1. The van der Waals surface area contributed by atoms with Crippen molar-refractivity contribution >= 4 is 38.2 Å². The number of fused-ring (bicyclic) bond motifs is 13. The molecule has 3 nitrogen and oxygen atoms in total. The Bertz CT molecular complexity index is 2280. The van der Waals surface area contributed by atoms with Gasteiger partial charge in [0.2, 0.25) is 11.2 Å². The second-order valence-corrected chi connectivity index (χ2v) is 19.4. The van der Waals surface area contributed by atoms with Gasteiger partial charge in [-0.05, 0) is 97.1 Å². The van der Waals surface area contributed by atoms with Crippen molar-refractivity contribution in [3.63, 3.8) is 0 Å². The van der Waals surface area contributed by atoms with Crippen LogP contribution in [0.15, 0.2) is 66.7 Å². The molecule has 4 heterocycles. The molecule has 0 radical (unpaired) electrons. The normalized spacial score (nSPS) is 22.9. The summed E-state index contributed by atoms with van der Waals surface area (Å²) in [4.78, 5) is 4.53. The van der Waals surface area contributed by atoms with E-state index >= 15 is 0 Å². The van der Waals surface area contributed by atoms with E-state index in [2.05, 4.69) is 129 Å². The van der Waals surface area contributed by atoms with Crippen molar-refractivity contribution in [2.45, 2.75) is 141 Å². The van der Waals surface area contributed by atoms with Gasteiger partial charge in [0.1, 0.15) is 17.6 Å². The van der Waals surface area contributed by atoms with E-state index in [0.29, 0.717) is 18.0 Å². The fourth-order valence-electron chi connectivity index (χ4n) is 11.5. The largest absolute Gasteiger partial charge is 0.479 e. The van der Waals surface area contributed by atoms with Crippen LogP contribution in [0.3, 0.4) is 0 Å². The molecule has 1 unspecified atom stereocenters. The first-order chi connectivity index (χ1) is 24.6. The molecule has 4 heteroatoms. The number of amidine groups is 1. The van der Waals surface area contributed by atoms with Gasteiger partial charge >= 0.3 is 5.79 Å². The first kappa shape index (κ1) is 32.2. The summed E-state index contributed by atoms with van der Waals surface area (Å²) >= 11 is 2.03. The third kappa shape index (κ3) is 4.12. The lowest BCUT2D eigenvalue weighted by Gasteiger charge is -2.50. The maximum Gasteiger partial charge on any atom is 0.479 e. The van der Waals surface area contributed by atoms with Gasteiger partial charge in [-0.1, -0.05) is 97.7 Å². The van der Waals surface area contributed by atoms with Crippen LogP contribution in [0.1, 0.15) is 135 Å². The number of benzene rings is 3. The van der Waals surface area contributed by atoms with E-state index in [1.807, 2.05) is 11.3 Å². The highest BCUT2D eigenvalue weighted by atomic mass is 32.1. The van der Waals surface area contributed by atoms with Crippen LogP contribution in [0.2, 0.25) is 0 Å². The van der Waals surface area contributed by atoms with Gasteiger partial charge < -0.3 is 0 Å². The predicted molar refractivity (Wildman–Crippen MR) is 214 cm³/mol. The highest BCUT2D eigenvalue weighted by Gasteiger charge is 2.78. The molecule has 2 saturated carbocycles. The van der Waals surface area contributed by atoms with Crippen molar-refractivity contribution < 1.29 is 9.14 Å². The summed E-state index contributed by atoms with van der Waals surface area (Å²) in [6, 6.07) is 27.6. The maximum absolute atomic E-state index is 3.03. The Labute approximate surface area is 309 Å². The molecule has 0 bridgehead atoms. The molecule has 3 aromatic carbocycles. The van der Waals surface area contributed by atoms with Crippen molar-refractivity contribution in [3.8, 4) is 21.7 Å². The Hall–Kier alpha value is -3.50. The van der Waals surface area contributed by atoms with Crippen molar-refractivity contribution in [3.05, 3.63) is 89.0 Å². The number of thiophene rings is 1. The Morgan fingerprint density at radius 2 is 1.41 bits per heavy atom. The standard InChI is InChI=1S/C47H55N3S/c1-29(2)44-48(30-18-10-8-11-19-30)47(49(44)31-20-12-9-13-21-31)35-27-26-34-41(43-42(46(34,6)7)33-23-15-17-25-39(33)51-43)40(35)38-28-36(45(3,4)5)32-22-14-16-24-37(32)50(38)47/h14-17,22-31H,8-13,18-21H2,1-7H3/q+2. The van der Waals surface area contributed by atoms with E-state index in [-0.39, 0.29) is 16.6 Å². The lowest BCUT2D eigenvalue weighted by molar-refractivity contribution is -0.957. The zero-order valence-electron chi connectivity index (χ0n) is 31.9. The number of para-hydroxylation sites is 1. The smallest absolute Gasteiger partial charge is 0.155 e. The van der Waals surface area contributed by atoms with E-state index in [1.165, 1.54) is 129 Å². The molecule has 5 aliphatic rings. The minimum Gasteiger partial charge on any atom is -0.155 e. The molecule has 2 aromatic heterocycles. The quantitative estimate of drug-likeness (QED) is 0.171. The molecule has 262 valence electrons. The first-order valence-corrected chi connectivity index (χ1v) is 21.0. The summed E-state index contributed by atoms with van der Waals surface area (Å²) in [5.74, 6) is 1.70. The van der Waals surface area contributed by atoms with Gasteiger partial charge in [-0.2, -0.15) is 9.48 Å². The van der Waals surface area contributed by atoms with E-state index in [9.17, 15) is 0 Å². The van der Waals surface area contributed by atoms with Gasteiger partial charge in [-0.3, -0.25) is 0 Å². The van der Waals surface area contributed by atoms with Crippen molar-refractivity contribution in [1.82, 2.24) is 4.90 Å². The van der Waals surface area contributed by atoms with Crippen LogP contribution in [0.4, 0.5) is 0 Å². The molecular formula is C47H55N3S+2. The van der Waals surface area contributed by atoms with Gasteiger partial charge in [-0.25, -0.2) is 0 Å². The Balaban J connectivity index is 1.40. The van der Waals surface area contributed by atoms with Gasteiger partial charge in [-0.15, -0.1) is 15.9 Å². The third-order valence-corrected chi connectivity index (χ3v) is 14.8. The summed E-state index contributed by atoms with van der Waals surface area (Å²) in [6.45, 7) is 17.2. The molecule has 1 atom stereocenters. The summed E-state index contributed by atoms with van der Waals surface area (Å²) in [5.41, 5.74) is 11.8. The number of hydrogen-bond acceptors (Lipinski definition) is 2. The number of nitrogens with zero attached hydrogens (tertiary/aromatic N) is 3. The van der Waals surface area contributed by atoms with Gasteiger partial charge in [0.15, 0.2) is 0 Å². The fraction of sp³-hybridized carbons (Fsp3) is 0.489. The van der Waals surface area contributed by atoms with Crippen LogP contribution in [0.5, 0.6) is 0 Å². The SMILES string of the molecule is CC(C)C1=[N+](C2CCCCC2)C2(c3ccc4c(c3-c3cc(C(C)(C)C)c5ccccc5[n+]32)-c2sc3ccccc3c2C4(C)C)N1C1CCCCC1. The van der Waals surface area contributed by atoms with Crippen molar-refractivity contribution in [2.75, 3.05) is 0 Å². The van der Waals surface area contributed by atoms with E-state index in [4.69, 9.17) is 0 Å². The second-order valence-electron chi connectivity index (χ2n) is 18.4. The van der Waals surface area contributed by atoms with E-state index in [1.54, 1.807) is 5.84 Å². The average Bonchev–Trinajstić information content (AvgIpc) is 3.73. The van der Waals surface area contributed by atoms with Gasteiger partial charge in [0.25, 0.3) is 5.84 Å². The minimum absolute atomic E-state index is 0.00600. The fourth-order valence-corrected chi connectivity index (χ4v) is 13.0. The molecule has 1 spiro atoms. The van der Waals surface area contributed by atoms with Gasteiger partial charge in [0.05, 0.1) is 16.9 Å². The lowest BCUT2D eigenvalue weighted by Crippen LogP contribution is -2.84. The van der Waals surface area contributed by atoms with Crippen LogP contribution in [0.25, 0.3) is 42.7 Å². The highest BCUT2D eigenvalue weighted by molar-refractivity contribution is 7.22. The summed E-state index contributed by atoms with van der Waals surface area (Å²) in [6.07, 6.45) is 13.2. The molecular weight excluding hydrogens is 639 g/mol. The van der Waals surface area contributed by atoms with Crippen LogP contribution < -0.4 is 4.57 Å². The number of pyridine rings is 1. The number of hydrogen-bond donors (Lipinski definition) is 0. The van der Waals surface area contributed by atoms with Crippen molar-refractivity contribution in [1.29, 1.82) is 0 Å². The first-order valence-electron chi connectivity index (χ1n) is 20.2. The molecule has 0 saturated heterocycles. The Morgan fingerprint density at radius 1 is 0.765 bits per heavy atom. The third-order valence-electron chi connectivity index (χ3n) is 13.6. The molecule has 51 heavy (non-hydrogen) atoms. The predicted octanol–water partition coefficient (Wildman–Crippen LogP) is 11.6.